The van der Waals surface area contributed by atoms with E-state index < -0.39 is 0 Å². The van der Waals surface area contributed by atoms with Gasteiger partial charge in [0.1, 0.15) is 0 Å². The maximum Gasteiger partial charge on any atom is 0.0226 e. The van der Waals surface area contributed by atoms with E-state index in [4.69, 9.17) is 6.42 Å². The van der Waals surface area contributed by atoms with Crippen molar-refractivity contribution < 1.29 is 0 Å². The van der Waals surface area contributed by atoms with Gasteiger partial charge in [-0.3, -0.25) is 0 Å². The van der Waals surface area contributed by atoms with E-state index >= 15 is 0 Å². The molecule has 0 aliphatic carbocycles. The lowest BCUT2D eigenvalue weighted by Crippen LogP contribution is -2.20. The molecular weight excluding hydrogens is 264 g/mol. The predicted octanol–water partition coefficient (Wildman–Crippen LogP) is 6.09. The first-order valence-corrected chi connectivity index (χ1v) is 8.07. The van der Waals surface area contributed by atoms with Gasteiger partial charge in [0.2, 0.25) is 0 Å². The fraction of sp³-hybridized carbons (Fsp3) is 0.364. The van der Waals surface area contributed by atoms with Crippen molar-refractivity contribution >= 4 is 6.08 Å². The van der Waals surface area contributed by atoms with E-state index in [1.54, 1.807) is 0 Å². The monoisotopic (exact) mass is 292 g/mol. The van der Waals surface area contributed by atoms with Crippen LogP contribution in [0.2, 0.25) is 0 Å². The maximum atomic E-state index is 5.74. The molecule has 0 heteroatoms. The van der Waals surface area contributed by atoms with E-state index in [0.29, 0.717) is 0 Å². The second kappa shape index (κ2) is 8.44. The first-order chi connectivity index (χ1) is 10.5. The molecule has 0 aromatic heterocycles. The van der Waals surface area contributed by atoms with Gasteiger partial charge in [0.05, 0.1) is 0 Å². The molecule has 0 saturated heterocycles. The molecule has 0 spiro atoms. The van der Waals surface area contributed by atoms with E-state index in [1.807, 2.05) is 31.2 Å². The van der Waals surface area contributed by atoms with E-state index in [2.05, 4.69) is 51.5 Å². The molecule has 0 bridgehead atoms. The lowest BCUT2D eigenvalue weighted by molar-refractivity contribution is 0.642. The predicted molar refractivity (Wildman–Crippen MR) is 99.9 cm³/mol. The molecule has 0 aliphatic heterocycles. The van der Waals surface area contributed by atoms with Gasteiger partial charge >= 0.3 is 0 Å². The lowest BCUT2D eigenvalue weighted by atomic mass is 9.76. The molecule has 1 aromatic carbocycles. The Morgan fingerprint density at radius 2 is 2.09 bits per heavy atom. The third-order valence-electron chi connectivity index (χ3n) is 4.17. The van der Waals surface area contributed by atoms with Crippen LogP contribution in [0.3, 0.4) is 0 Å². The fourth-order valence-corrected chi connectivity index (χ4v) is 2.56. The number of hydrogen-bond donors (Lipinski definition) is 0. The largest absolute Gasteiger partial charge is 0.115 e. The number of benzene rings is 1. The first-order valence-electron chi connectivity index (χ1n) is 8.07. The zero-order valence-electron chi connectivity index (χ0n) is 14.4. The average Bonchev–Trinajstić information content (AvgIpc) is 2.53. The van der Waals surface area contributed by atoms with Crippen molar-refractivity contribution in [3.8, 4) is 12.3 Å². The van der Waals surface area contributed by atoms with E-state index in [-0.39, 0.29) is 5.41 Å². The van der Waals surface area contributed by atoms with Crippen molar-refractivity contribution in [2.75, 3.05) is 0 Å². The second-order valence-electron chi connectivity index (χ2n) is 6.10. The summed E-state index contributed by atoms with van der Waals surface area (Å²) >= 11 is 0. The van der Waals surface area contributed by atoms with Crippen LogP contribution in [0, 0.1) is 12.3 Å². The number of aryl methyl sites for hydroxylation is 1. The summed E-state index contributed by atoms with van der Waals surface area (Å²) in [5.41, 5.74) is 4.68. The Labute approximate surface area is 136 Å². The third-order valence-corrected chi connectivity index (χ3v) is 4.17. The van der Waals surface area contributed by atoms with E-state index in [9.17, 15) is 0 Å². The average molecular weight is 292 g/mol. The molecule has 0 unspecified atom stereocenters. The first kappa shape index (κ1) is 18.1. The summed E-state index contributed by atoms with van der Waals surface area (Å²) < 4.78 is 0. The molecule has 0 atom stereocenters. The summed E-state index contributed by atoms with van der Waals surface area (Å²) in [6.07, 6.45) is 17.2. The van der Waals surface area contributed by atoms with E-state index in [1.165, 1.54) is 29.5 Å². The van der Waals surface area contributed by atoms with Gasteiger partial charge in [-0.15, -0.1) is 6.42 Å². The number of hydrogen-bond acceptors (Lipinski definition) is 0. The van der Waals surface area contributed by atoms with Gasteiger partial charge in [0.15, 0.2) is 0 Å². The van der Waals surface area contributed by atoms with Gasteiger partial charge in [-0.05, 0) is 36.5 Å². The number of unbranched alkanes of at least 4 members (excludes halogenated alkanes) is 1. The van der Waals surface area contributed by atoms with Gasteiger partial charge in [0.25, 0.3) is 0 Å². The SMILES string of the molecule is C#C/C(=C\C=C/C)C(C)(C)c1ccc(C=C)c(CCCC)c1. The molecule has 116 valence electrons. The third kappa shape index (κ3) is 4.25. The lowest BCUT2D eigenvalue weighted by Gasteiger charge is -2.27. The topological polar surface area (TPSA) is 0 Å². The molecular formula is C22H28. The number of rotatable bonds is 7. The Morgan fingerprint density at radius 3 is 2.64 bits per heavy atom. The zero-order valence-corrected chi connectivity index (χ0v) is 14.4. The van der Waals surface area contributed by atoms with Crippen molar-refractivity contribution in [1.82, 2.24) is 0 Å². The highest BCUT2D eigenvalue weighted by atomic mass is 14.3. The zero-order chi connectivity index (χ0) is 16.6. The van der Waals surface area contributed by atoms with Gasteiger partial charge in [-0.1, -0.05) is 82.2 Å². The Morgan fingerprint density at radius 1 is 1.36 bits per heavy atom. The molecule has 0 radical (unpaired) electrons. The number of allylic oxidation sites excluding steroid dienone is 4. The Hall–Kier alpha value is -2.00. The molecule has 0 fully saturated rings. The normalized spacial score (nSPS) is 12.4. The summed E-state index contributed by atoms with van der Waals surface area (Å²) in [5.74, 6) is 2.86. The minimum absolute atomic E-state index is 0.172. The summed E-state index contributed by atoms with van der Waals surface area (Å²) in [7, 11) is 0. The Balaban J connectivity index is 3.29. The van der Waals surface area contributed by atoms with Gasteiger partial charge in [-0.25, -0.2) is 0 Å². The maximum absolute atomic E-state index is 5.74. The highest BCUT2D eigenvalue weighted by Gasteiger charge is 2.24. The molecule has 1 aromatic rings. The fourth-order valence-electron chi connectivity index (χ4n) is 2.56. The van der Waals surface area contributed by atoms with Crippen LogP contribution in [-0.4, -0.2) is 0 Å². The van der Waals surface area contributed by atoms with Crippen LogP contribution < -0.4 is 0 Å². The van der Waals surface area contributed by atoms with Crippen LogP contribution in [-0.2, 0) is 11.8 Å². The molecule has 1 rings (SSSR count). The summed E-state index contributed by atoms with van der Waals surface area (Å²) in [4.78, 5) is 0. The van der Waals surface area contributed by atoms with Crippen molar-refractivity contribution in [3.05, 3.63) is 65.3 Å². The van der Waals surface area contributed by atoms with Crippen LogP contribution in [0.4, 0.5) is 0 Å². The highest BCUT2D eigenvalue weighted by Crippen LogP contribution is 2.33. The molecule has 0 N–H and O–H groups in total. The van der Waals surface area contributed by atoms with Crippen molar-refractivity contribution in [2.45, 2.75) is 52.4 Å². The van der Waals surface area contributed by atoms with Crippen LogP contribution in [0.15, 0.2) is 48.6 Å². The highest BCUT2D eigenvalue weighted by molar-refractivity contribution is 5.55. The summed E-state index contributed by atoms with van der Waals surface area (Å²) in [6, 6.07) is 6.64. The summed E-state index contributed by atoms with van der Waals surface area (Å²) in [6.45, 7) is 12.5. The molecule has 0 aliphatic rings. The molecule has 22 heavy (non-hydrogen) atoms. The van der Waals surface area contributed by atoms with Crippen LogP contribution >= 0.6 is 0 Å². The standard InChI is InChI=1S/C22H28/c1-7-11-13-19-17-21(16-15-18(19)9-3)22(5,6)20(10-4)14-12-8-2/h4,8-9,12,14-17H,3,7,11,13H2,1-2,5-6H3/b12-8-,20-14+. The summed E-state index contributed by atoms with van der Waals surface area (Å²) in [5, 5.41) is 0. The molecule has 0 nitrogen and oxygen atoms in total. The van der Waals surface area contributed by atoms with E-state index in [0.717, 1.165) is 12.0 Å². The Kier molecular flexibility index (Phi) is 6.93. The van der Waals surface area contributed by atoms with Gasteiger partial charge in [-0.2, -0.15) is 0 Å². The second-order valence-corrected chi connectivity index (χ2v) is 6.10. The van der Waals surface area contributed by atoms with Crippen molar-refractivity contribution in [3.63, 3.8) is 0 Å². The van der Waals surface area contributed by atoms with Crippen LogP contribution in [0.25, 0.3) is 6.08 Å². The minimum Gasteiger partial charge on any atom is -0.115 e. The molecule has 0 amide bonds. The quantitative estimate of drug-likeness (QED) is 0.421. The van der Waals surface area contributed by atoms with Crippen molar-refractivity contribution in [1.29, 1.82) is 0 Å². The van der Waals surface area contributed by atoms with Crippen LogP contribution in [0.1, 0.15) is 57.2 Å². The minimum atomic E-state index is -0.172. The van der Waals surface area contributed by atoms with Crippen LogP contribution in [0.5, 0.6) is 0 Å². The van der Waals surface area contributed by atoms with Gasteiger partial charge in [0, 0.05) is 11.0 Å². The number of terminal acetylenes is 1. The molecule has 0 saturated carbocycles. The van der Waals surface area contributed by atoms with Gasteiger partial charge < -0.3 is 0 Å². The Bertz CT molecular complexity index is 603. The smallest absolute Gasteiger partial charge is 0.0226 e. The molecule has 0 heterocycles. The van der Waals surface area contributed by atoms with Crippen molar-refractivity contribution in [2.24, 2.45) is 0 Å².